The van der Waals surface area contributed by atoms with Gasteiger partial charge in [-0.1, -0.05) is 39.3 Å². The molecular formula is C16H23N. The lowest BCUT2D eigenvalue weighted by atomic mass is 10.1. The van der Waals surface area contributed by atoms with Gasteiger partial charge in [0.2, 0.25) is 0 Å². The van der Waals surface area contributed by atoms with Crippen molar-refractivity contribution >= 4 is 10.9 Å². The molecule has 2 aromatic rings. The van der Waals surface area contributed by atoms with E-state index in [4.69, 9.17) is 0 Å². The number of fused-ring (bicyclic) bond motifs is 1. The number of unbranched alkanes of at least 4 members (excludes halogenated alkanes) is 1. The van der Waals surface area contributed by atoms with Crippen LogP contribution in [0, 0.1) is 5.92 Å². The highest BCUT2D eigenvalue weighted by Crippen LogP contribution is 2.20. The van der Waals surface area contributed by atoms with E-state index >= 15 is 0 Å². The van der Waals surface area contributed by atoms with Crippen molar-refractivity contribution in [1.82, 2.24) is 4.57 Å². The molecule has 0 radical (unpaired) electrons. The fourth-order valence-electron chi connectivity index (χ4n) is 2.32. The van der Waals surface area contributed by atoms with Crippen molar-refractivity contribution in [1.29, 1.82) is 0 Å². The average Bonchev–Trinajstić information content (AvgIpc) is 2.69. The standard InChI is InChI=1S/C16H23N/c1-4-5-6-14-7-8-15-9-10-17(12-13(2)3)16(15)11-14/h7-11,13H,4-6,12H2,1-3H3. The Balaban J connectivity index is 2.29. The summed E-state index contributed by atoms with van der Waals surface area (Å²) in [6.45, 7) is 7.90. The molecule has 0 unspecified atom stereocenters. The molecule has 0 atom stereocenters. The van der Waals surface area contributed by atoms with Gasteiger partial charge in [-0.15, -0.1) is 0 Å². The van der Waals surface area contributed by atoms with Gasteiger partial charge >= 0.3 is 0 Å². The van der Waals surface area contributed by atoms with Crippen molar-refractivity contribution in [3.05, 3.63) is 36.0 Å². The Morgan fingerprint density at radius 1 is 1.18 bits per heavy atom. The van der Waals surface area contributed by atoms with Crippen molar-refractivity contribution in [2.45, 2.75) is 46.6 Å². The van der Waals surface area contributed by atoms with E-state index in [2.05, 4.69) is 55.8 Å². The molecule has 0 bridgehead atoms. The highest BCUT2D eigenvalue weighted by atomic mass is 15.0. The first-order valence-corrected chi connectivity index (χ1v) is 6.78. The van der Waals surface area contributed by atoms with Crippen LogP contribution in [-0.4, -0.2) is 4.57 Å². The van der Waals surface area contributed by atoms with Crippen molar-refractivity contribution in [3.8, 4) is 0 Å². The highest BCUT2D eigenvalue weighted by molar-refractivity contribution is 5.80. The first-order chi connectivity index (χ1) is 8.20. The normalized spacial score (nSPS) is 11.5. The summed E-state index contributed by atoms with van der Waals surface area (Å²) >= 11 is 0. The van der Waals surface area contributed by atoms with Crippen LogP contribution in [0.2, 0.25) is 0 Å². The Kier molecular flexibility index (Phi) is 3.88. The Bertz CT molecular complexity index is 479. The van der Waals surface area contributed by atoms with Gasteiger partial charge in [0.05, 0.1) is 0 Å². The lowest BCUT2D eigenvalue weighted by molar-refractivity contribution is 0.535. The second kappa shape index (κ2) is 5.39. The molecule has 0 amide bonds. The van der Waals surface area contributed by atoms with E-state index in [1.807, 2.05) is 0 Å². The van der Waals surface area contributed by atoms with Crippen LogP contribution in [0.4, 0.5) is 0 Å². The first kappa shape index (κ1) is 12.2. The van der Waals surface area contributed by atoms with Gasteiger partial charge in [-0.2, -0.15) is 0 Å². The predicted octanol–water partition coefficient (Wildman–Crippen LogP) is 4.64. The number of nitrogens with zero attached hydrogens (tertiary/aromatic N) is 1. The summed E-state index contributed by atoms with van der Waals surface area (Å²) in [5.41, 5.74) is 2.87. The number of hydrogen-bond donors (Lipinski definition) is 0. The fraction of sp³-hybridized carbons (Fsp3) is 0.500. The summed E-state index contributed by atoms with van der Waals surface area (Å²) in [6.07, 6.45) is 5.98. The van der Waals surface area contributed by atoms with Gasteiger partial charge in [0.15, 0.2) is 0 Å². The molecule has 0 saturated carbocycles. The third kappa shape index (κ3) is 2.91. The van der Waals surface area contributed by atoms with Crippen LogP contribution < -0.4 is 0 Å². The second-order valence-electron chi connectivity index (χ2n) is 5.36. The number of aryl methyl sites for hydroxylation is 1. The third-order valence-electron chi connectivity index (χ3n) is 3.22. The average molecular weight is 229 g/mol. The van der Waals surface area contributed by atoms with E-state index in [0.29, 0.717) is 5.92 Å². The molecule has 92 valence electrons. The van der Waals surface area contributed by atoms with Gasteiger partial charge in [-0.05, 0) is 41.8 Å². The summed E-state index contributed by atoms with van der Waals surface area (Å²) in [6, 6.07) is 9.13. The van der Waals surface area contributed by atoms with Crippen molar-refractivity contribution in [2.75, 3.05) is 0 Å². The summed E-state index contributed by atoms with van der Waals surface area (Å²) in [4.78, 5) is 0. The Hall–Kier alpha value is -1.24. The molecule has 0 saturated heterocycles. The lowest BCUT2D eigenvalue weighted by Crippen LogP contribution is -2.02. The number of benzene rings is 1. The fourth-order valence-corrected chi connectivity index (χ4v) is 2.32. The molecule has 0 N–H and O–H groups in total. The minimum absolute atomic E-state index is 0.699. The molecule has 1 nitrogen and oxygen atoms in total. The van der Waals surface area contributed by atoms with Gasteiger partial charge in [0.25, 0.3) is 0 Å². The molecule has 0 spiro atoms. The van der Waals surface area contributed by atoms with E-state index in [1.54, 1.807) is 0 Å². The van der Waals surface area contributed by atoms with E-state index in [9.17, 15) is 0 Å². The van der Waals surface area contributed by atoms with E-state index < -0.39 is 0 Å². The van der Waals surface area contributed by atoms with Crippen LogP contribution in [0.15, 0.2) is 30.5 Å². The van der Waals surface area contributed by atoms with E-state index in [0.717, 1.165) is 6.54 Å². The molecule has 2 rings (SSSR count). The molecule has 1 heterocycles. The van der Waals surface area contributed by atoms with E-state index in [-0.39, 0.29) is 0 Å². The minimum Gasteiger partial charge on any atom is -0.347 e. The Morgan fingerprint density at radius 2 is 2.00 bits per heavy atom. The van der Waals surface area contributed by atoms with Crippen molar-refractivity contribution in [2.24, 2.45) is 5.92 Å². The van der Waals surface area contributed by atoms with E-state index in [1.165, 1.54) is 35.7 Å². The molecule has 0 fully saturated rings. The monoisotopic (exact) mass is 229 g/mol. The molecule has 0 aliphatic heterocycles. The zero-order chi connectivity index (χ0) is 12.3. The van der Waals surface area contributed by atoms with Gasteiger partial charge < -0.3 is 4.57 Å². The largest absolute Gasteiger partial charge is 0.347 e. The summed E-state index contributed by atoms with van der Waals surface area (Å²) in [7, 11) is 0. The van der Waals surface area contributed by atoms with Crippen LogP contribution in [0.5, 0.6) is 0 Å². The minimum atomic E-state index is 0.699. The first-order valence-electron chi connectivity index (χ1n) is 6.78. The molecule has 1 heteroatoms. The maximum Gasteiger partial charge on any atom is 0.0483 e. The summed E-state index contributed by atoms with van der Waals surface area (Å²) in [5, 5.41) is 1.37. The zero-order valence-electron chi connectivity index (χ0n) is 11.2. The molecule has 0 aliphatic carbocycles. The quantitative estimate of drug-likeness (QED) is 0.704. The predicted molar refractivity (Wildman–Crippen MR) is 75.4 cm³/mol. The van der Waals surface area contributed by atoms with Gasteiger partial charge in [0, 0.05) is 18.3 Å². The lowest BCUT2D eigenvalue weighted by Gasteiger charge is -2.09. The third-order valence-corrected chi connectivity index (χ3v) is 3.22. The number of rotatable bonds is 5. The second-order valence-corrected chi connectivity index (χ2v) is 5.36. The maximum absolute atomic E-state index is 2.38. The molecule has 0 aliphatic rings. The number of aromatic nitrogens is 1. The van der Waals surface area contributed by atoms with Gasteiger partial charge in [0.1, 0.15) is 0 Å². The molecule has 1 aromatic carbocycles. The van der Waals surface area contributed by atoms with Gasteiger partial charge in [-0.3, -0.25) is 0 Å². The van der Waals surface area contributed by atoms with Crippen LogP contribution in [0.25, 0.3) is 10.9 Å². The van der Waals surface area contributed by atoms with Crippen molar-refractivity contribution in [3.63, 3.8) is 0 Å². The number of hydrogen-bond acceptors (Lipinski definition) is 0. The highest BCUT2D eigenvalue weighted by Gasteiger charge is 2.04. The Labute approximate surface area is 104 Å². The van der Waals surface area contributed by atoms with Crippen LogP contribution >= 0.6 is 0 Å². The van der Waals surface area contributed by atoms with Gasteiger partial charge in [-0.25, -0.2) is 0 Å². The zero-order valence-corrected chi connectivity index (χ0v) is 11.2. The van der Waals surface area contributed by atoms with Crippen LogP contribution in [0.1, 0.15) is 39.2 Å². The summed E-state index contributed by atoms with van der Waals surface area (Å²) in [5.74, 6) is 0.699. The Morgan fingerprint density at radius 3 is 2.71 bits per heavy atom. The topological polar surface area (TPSA) is 4.93 Å². The SMILES string of the molecule is CCCCc1ccc2ccn(CC(C)C)c2c1. The molecular weight excluding hydrogens is 206 g/mol. The van der Waals surface area contributed by atoms with Crippen molar-refractivity contribution < 1.29 is 0 Å². The smallest absolute Gasteiger partial charge is 0.0483 e. The van der Waals surface area contributed by atoms with Crippen LogP contribution in [-0.2, 0) is 13.0 Å². The molecule has 17 heavy (non-hydrogen) atoms. The maximum atomic E-state index is 2.38. The molecule has 1 aromatic heterocycles. The summed E-state index contributed by atoms with van der Waals surface area (Å²) < 4.78 is 2.38. The van der Waals surface area contributed by atoms with Crippen LogP contribution in [0.3, 0.4) is 0 Å².